The molecule has 4 rings (SSSR count). The number of rotatable bonds is 5. The van der Waals surface area contributed by atoms with E-state index in [4.69, 9.17) is 9.40 Å². The standard InChI is InChI=1S/C20H28N4O2/c1-14-5-6-16(26-14)11-21-18-3-2-4-19-17(18)12-22-20(23-19)24-9-7-15(13-25)8-10-24/h5-6,12,15,18,21,25H,2-4,7-11,13H2,1H3/t18-/m0/s1. The number of piperidine rings is 1. The van der Waals surface area contributed by atoms with Crippen molar-refractivity contribution in [2.24, 2.45) is 5.92 Å². The number of aliphatic hydroxyl groups excluding tert-OH is 1. The van der Waals surface area contributed by atoms with Crippen molar-refractivity contribution in [2.45, 2.75) is 51.6 Å². The first kappa shape index (κ1) is 17.5. The van der Waals surface area contributed by atoms with Crippen LogP contribution >= 0.6 is 0 Å². The van der Waals surface area contributed by atoms with Gasteiger partial charge in [-0.1, -0.05) is 0 Å². The largest absolute Gasteiger partial charge is 0.465 e. The van der Waals surface area contributed by atoms with Crippen LogP contribution in [0.4, 0.5) is 5.95 Å². The Morgan fingerprint density at radius 1 is 1.27 bits per heavy atom. The fourth-order valence-corrected chi connectivity index (χ4v) is 4.02. The van der Waals surface area contributed by atoms with E-state index in [0.717, 1.165) is 69.2 Å². The highest BCUT2D eigenvalue weighted by molar-refractivity contribution is 5.36. The number of aromatic nitrogens is 2. The zero-order chi connectivity index (χ0) is 17.9. The molecule has 26 heavy (non-hydrogen) atoms. The second-order valence-electron chi connectivity index (χ2n) is 7.52. The monoisotopic (exact) mass is 356 g/mol. The smallest absolute Gasteiger partial charge is 0.225 e. The van der Waals surface area contributed by atoms with Crippen LogP contribution in [0.3, 0.4) is 0 Å². The molecule has 2 aromatic rings. The Bertz CT molecular complexity index is 737. The molecule has 1 atom stereocenters. The van der Waals surface area contributed by atoms with Gasteiger partial charge in [-0.05, 0) is 57.1 Å². The van der Waals surface area contributed by atoms with Gasteiger partial charge >= 0.3 is 0 Å². The molecule has 1 aliphatic carbocycles. The van der Waals surface area contributed by atoms with Crippen LogP contribution in [0.2, 0.25) is 0 Å². The van der Waals surface area contributed by atoms with Crippen LogP contribution in [0, 0.1) is 12.8 Å². The summed E-state index contributed by atoms with van der Waals surface area (Å²) in [5, 5.41) is 12.9. The molecule has 0 saturated carbocycles. The molecule has 1 fully saturated rings. The number of aryl methyl sites for hydroxylation is 2. The van der Waals surface area contributed by atoms with Gasteiger partial charge in [-0.3, -0.25) is 0 Å². The molecule has 2 aromatic heterocycles. The van der Waals surface area contributed by atoms with Gasteiger partial charge < -0.3 is 19.7 Å². The molecular weight excluding hydrogens is 328 g/mol. The first-order chi connectivity index (χ1) is 12.7. The average molecular weight is 356 g/mol. The summed E-state index contributed by atoms with van der Waals surface area (Å²) in [5.74, 6) is 3.20. The topological polar surface area (TPSA) is 74.4 Å². The lowest BCUT2D eigenvalue weighted by molar-refractivity contribution is 0.202. The number of hydrogen-bond donors (Lipinski definition) is 2. The first-order valence-corrected chi connectivity index (χ1v) is 9.73. The van der Waals surface area contributed by atoms with Gasteiger partial charge in [0.05, 0.1) is 12.2 Å². The van der Waals surface area contributed by atoms with E-state index >= 15 is 0 Å². The second kappa shape index (κ2) is 7.76. The Hall–Kier alpha value is -1.92. The van der Waals surface area contributed by atoms with E-state index in [1.165, 1.54) is 11.3 Å². The summed E-state index contributed by atoms with van der Waals surface area (Å²) < 4.78 is 5.66. The Labute approximate surface area is 154 Å². The van der Waals surface area contributed by atoms with Gasteiger partial charge in [0.2, 0.25) is 5.95 Å². The predicted molar refractivity (Wildman–Crippen MR) is 100 cm³/mol. The third-order valence-electron chi connectivity index (χ3n) is 5.64. The molecule has 0 amide bonds. The van der Waals surface area contributed by atoms with E-state index in [1.54, 1.807) is 0 Å². The van der Waals surface area contributed by atoms with Crippen molar-refractivity contribution in [1.29, 1.82) is 0 Å². The lowest BCUT2D eigenvalue weighted by Crippen LogP contribution is -2.36. The van der Waals surface area contributed by atoms with Crippen LogP contribution in [-0.2, 0) is 13.0 Å². The summed E-state index contributed by atoms with van der Waals surface area (Å²) in [4.78, 5) is 11.8. The lowest BCUT2D eigenvalue weighted by atomic mass is 9.92. The summed E-state index contributed by atoms with van der Waals surface area (Å²) in [5.41, 5.74) is 2.41. The van der Waals surface area contributed by atoms with Gasteiger partial charge in [-0.15, -0.1) is 0 Å². The van der Waals surface area contributed by atoms with Gasteiger partial charge in [0.25, 0.3) is 0 Å². The number of nitrogens with one attached hydrogen (secondary N) is 1. The first-order valence-electron chi connectivity index (χ1n) is 9.73. The number of nitrogens with zero attached hydrogens (tertiary/aromatic N) is 3. The van der Waals surface area contributed by atoms with Crippen LogP contribution in [0.15, 0.2) is 22.7 Å². The van der Waals surface area contributed by atoms with Crippen LogP contribution in [0.1, 0.15) is 54.5 Å². The lowest BCUT2D eigenvalue weighted by Gasteiger charge is -2.32. The fraction of sp³-hybridized carbons (Fsp3) is 0.600. The zero-order valence-electron chi connectivity index (χ0n) is 15.4. The summed E-state index contributed by atoms with van der Waals surface area (Å²) >= 11 is 0. The van der Waals surface area contributed by atoms with Crippen molar-refractivity contribution in [3.8, 4) is 0 Å². The van der Waals surface area contributed by atoms with Gasteiger partial charge in [0.15, 0.2) is 0 Å². The van der Waals surface area contributed by atoms with Crippen LogP contribution in [-0.4, -0.2) is 34.8 Å². The minimum Gasteiger partial charge on any atom is -0.465 e. The average Bonchev–Trinajstić information content (AvgIpc) is 3.11. The number of anilines is 1. The number of aliphatic hydroxyl groups is 1. The summed E-state index contributed by atoms with van der Waals surface area (Å²) in [6, 6.07) is 4.32. The molecule has 0 spiro atoms. The molecule has 3 heterocycles. The molecule has 0 bridgehead atoms. The summed E-state index contributed by atoms with van der Waals surface area (Å²) in [6.45, 7) is 4.86. The fourth-order valence-electron chi connectivity index (χ4n) is 4.02. The molecule has 6 nitrogen and oxygen atoms in total. The van der Waals surface area contributed by atoms with E-state index in [2.05, 4.69) is 15.2 Å². The van der Waals surface area contributed by atoms with E-state index in [1.807, 2.05) is 25.3 Å². The number of furan rings is 1. The molecular formula is C20H28N4O2. The van der Waals surface area contributed by atoms with E-state index in [0.29, 0.717) is 18.6 Å². The molecule has 1 aliphatic heterocycles. The van der Waals surface area contributed by atoms with Gasteiger partial charge in [-0.2, -0.15) is 0 Å². The van der Waals surface area contributed by atoms with Gasteiger partial charge in [0.1, 0.15) is 11.5 Å². The van der Waals surface area contributed by atoms with E-state index < -0.39 is 0 Å². The zero-order valence-corrected chi connectivity index (χ0v) is 15.4. The quantitative estimate of drug-likeness (QED) is 0.858. The minimum atomic E-state index is 0.290. The van der Waals surface area contributed by atoms with Crippen molar-refractivity contribution in [3.63, 3.8) is 0 Å². The van der Waals surface area contributed by atoms with Crippen LogP contribution in [0.5, 0.6) is 0 Å². The molecule has 0 aromatic carbocycles. The molecule has 0 unspecified atom stereocenters. The minimum absolute atomic E-state index is 0.290. The maximum Gasteiger partial charge on any atom is 0.225 e. The third kappa shape index (κ3) is 3.76. The predicted octanol–water partition coefficient (Wildman–Crippen LogP) is 2.75. The maximum absolute atomic E-state index is 9.31. The van der Waals surface area contributed by atoms with E-state index in [-0.39, 0.29) is 0 Å². The maximum atomic E-state index is 9.31. The SMILES string of the molecule is Cc1ccc(CN[C@H]2CCCc3nc(N4CCC(CO)CC4)ncc32)o1. The molecule has 140 valence electrons. The summed E-state index contributed by atoms with van der Waals surface area (Å²) in [7, 11) is 0. The summed E-state index contributed by atoms with van der Waals surface area (Å²) in [6.07, 6.45) is 7.32. The molecule has 0 radical (unpaired) electrons. The highest BCUT2D eigenvalue weighted by Gasteiger charge is 2.25. The van der Waals surface area contributed by atoms with Crippen molar-refractivity contribution in [1.82, 2.24) is 15.3 Å². The van der Waals surface area contributed by atoms with Crippen LogP contribution in [0.25, 0.3) is 0 Å². The number of hydrogen-bond acceptors (Lipinski definition) is 6. The Morgan fingerprint density at radius 3 is 2.85 bits per heavy atom. The molecule has 2 aliphatic rings. The molecule has 1 saturated heterocycles. The second-order valence-corrected chi connectivity index (χ2v) is 7.52. The van der Waals surface area contributed by atoms with E-state index in [9.17, 15) is 5.11 Å². The van der Waals surface area contributed by atoms with Crippen molar-refractivity contribution in [2.75, 3.05) is 24.6 Å². The van der Waals surface area contributed by atoms with Crippen LogP contribution < -0.4 is 10.2 Å². The third-order valence-corrected chi connectivity index (χ3v) is 5.64. The van der Waals surface area contributed by atoms with Gasteiger partial charge in [-0.25, -0.2) is 9.97 Å². The van der Waals surface area contributed by atoms with Crippen molar-refractivity contribution < 1.29 is 9.52 Å². The Kier molecular flexibility index (Phi) is 5.22. The highest BCUT2D eigenvalue weighted by atomic mass is 16.3. The van der Waals surface area contributed by atoms with Crippen molar-refractivity contribution in [3.05, 3.63) is 41.1 Å². The Morgan fingerprint density at radius 2 is 2.12 bits per heavy atom. The molecule has 6 heteroatoms. The highest BCUT2D eigenvalue weighted by Crippen LogP contribution is 2.30. The Balaban J connectivity index is 1.43. The molecule has 2 N–H and O–H groups in total. The number of fused-ring (bicyclic) bond motifs is 1. The normalized spacial score (nSPS) is 21.0. The van der Waals surface area contributed by atoms with Crippen molar-refractivity contribution >= 4 is 5.95 Å². The van der Waals surface area contributed by atoms with Gasteiger partial charge in [0, 0.05) is 37.5 Å².